The number of hydrogen-bond acceptors (Lipinski definition) is 0. The molecule has 0 N–H and O–H groups in total. The van der Waals surface area contributed by atoms with Crippen molar-refractivity contribution in [2.75, 3.05) is 0 Å². The molecule has 0 fully saturated rings. The van der Waals surface area contributed by atoms with Gasteiger partial charge in [0.2, 0.25) is 0 Å². The summed E-state index contributed by atoms with van der Waals surface area (Å²) in [6, 6.07) is 16.1. The highest BCUT2D eigenvalue weighted by molar-refractivity contribution is 5.35. The topological polar surface area (TPSA) is 0 Å². The first-order chi connectivity index (χ1) is 12.3. The van der Waals surface area contributed by atoms with E-state index in [1.165, 1.54) is 40.7 Å². The van der Waals surface area contributed by atoms with Gasteiger partial charge in [0.05, 0.1) is 0 Å². The Bertz CT molecular complexity index is 703. The number of rotatable bonds is 9. The summed E-state index contributed by atoms with van der Waals surface area (Å²) in [5, 5.41) is 0. The molecule has 0 spiro atoms. The van der Waals surface area contributed by atoms with Crippen molar-refractivity contribution in [1.82, 2.24) is 0 Å². The first-order valence-corrected chi connectivity index (χ1v) is 10.1. The van der Waals surface area contributed by atoms with Crippen LogP contribution in [0.25, 0.3) is 0 Å². The van der Waals surface area contributed by atoms with Crippen LogP contribution < -0.4 is 0 Å². The molecule has 0 aliphatic rings. The minimum absolute atomic E-state index is 0.635. The highest BCUT2D eigenvalue weighted by Gasteiger charge is 2.17. The molecule has 1 atom stereocenters. The van der Waals surface area contributed by atoms with Gasteiger partial charge in [0.15, 0.2) is 0 Å². The van der Waals surface area contributed by atoms with Gasteiger partial charge in [0, 0.05) is 0 Å². The van der Waals surface area contributed by atoms with Crippen molar-refractivity contribution in [3.8, 4) is 0 Å². The lowest BCUT2D eigenvalue weighted by atomic mass is 9.82. The quantitative estimate of drug-likeness (QED) is 0.410. The van der Waals surface area contributed by atoms with E-state index in [9.17, 15) is 0 Å². The third-order valence-corrected chi connectivity index (χ3v) is 5.22. The van der Waals surface area contributed by atoms with Gasteiger partial charge in [0.25, 0.3) is 0 Å². The molecule has 0 amide bonds. The maximum Gasteiger partial charge on any atom is -0.0154 e. The summed E-state index contributed by atoms with van der Waals surface area (Å²) in [6.07, 6.45) is 5.85. The average Bonchev–Trinajstić information content (AvgIpc) is 2.58. The fourth-order valence-corrected chi connectivity index (χ4v) is 3.74. The van der Waals surface area contributed by atoms with Crippen molar-refractivity contribution >= 4 is 0 Å². The molecule has 0 aromatic heterocycles. The van der Waals surface area contributed by atoms with Gasteiger partial charge in [-0.1, -0.05) is 73.0 Å². The van der Waals surface area contributed by atoms with Gasteiger partial charge in [-0.15, -0.1) is 6.58 Å². The summed E-state index contributed by atoms with van der Waals surface area (Å²) in [6.45, 7) is 15.3. The second-order valence-electron chi connectivity index (χ2n) is 8.51. The van der Waals surface area contributed by atoms with Gasteiger partial charge in [-0.05, 0) is 81.4 Å². The van der Waals surface area contributed by atoms with Crippen LogP contribution in [0.2, 0.25) is 0 Å². The number of benzene rings is 2. The Labute approximate surface area is 161 Å². The Hall–Kier alpha value is -1.82. The predicted molar refractivity (Wildman–Crippen MR) is 116 cm³/mol. The Morgan fingerprint density at radius 3 is 2.19 bits per heavy atom. The number of allylic oxidation sites excluding steroid dienone is 1. The van der Waals surface area contributed by atoms with Crippen LogP contribution in [0.3, 0.4) is 0 Å². The SMILES string of the molecule is C=C(C)CCc1ccc(C)cc1C(CCc1ccc(C)cc1)CC(C)C. The lowest BCUT2D eigenvalue weighted by molar-refractivity contribution is 0.473. The molecule has 0 heteroatoms. The third-order valence-electron chi connectivity index (χ3n) is 5.22. The standard InChI is InChI=1S/C26H36/c1-19(2)7-14-24-15-10-22(6)18-26(24)25(17-20(3)4)16-13-23-11-8-21(5)9-12-23/h8-12,15,18,20,25H,1,7,13-14,16-17H2,2-6H3. The van der Waals surface area contributed by atoms with E-state index in [1.54, 1.807) is 5.56 Å². The zero-order valence-electron chi connectivity index (χ0n) is 17.4. The molecule has 0 bridgehead atoms. The van der Waals surface area contributed by atoms with E-state index in [2.05, 4.69) is 83.7 Å². The molecule has 0 radical (unpaired) electrons. The molecule has 0 saturated carbocycles. The van der Waals surface area contributed by atoms with E-state index < -0.39 is 0 Å². The molecule has 0 saturated heterocycles. The van der Waals surface area contributed by atoms with Crippen molar-refractivity contribution in [3.63, 3.8) is 0 Å². The minimum atomic E-state index is 0.635. The van der Waals surface area contributed by atoms with Crippen LogP contribution >= 0.6 is 0 Å². The second-order valence-corrected chi connectivity index (χ2v) is 8.51. The van der Waals surface area contributed by atoms with Crippen LogP contribution in [-0.2, 0) is 12.8 Å². The monoisotopic (exact) mass is 348 g/mol. The van der Waals surface area contributed by atoms with Crippen LogP contribution in [-0.4, -0.2) is 0 Å². The number of aryl methyl sites for hydroxylation is 4. The fourth-order valence-electron chi connectivity index (χ4n) is 3.74. The van der Waals surface area contributed by atoms with E-state index in [-0.39, 0.29) is 0 Å². The Morgan fingerprint density at radius 1 is 0.923 bits per heavy atom. The fraction of sp³-hybridized carbons (Fsp3) is 0.462. The van der Waals surface area contributed by atoms with Crippen LogP contribution in [0.1, 0.15) is 73.8 Å². The molecular formula is C26H36. The molecule has 140 valence electrons. The van der Waals surface area contributed by atoms with Gasteiger partial charge in [-0.25, -0.2) is 0 Å². The maximum atomic E-state index is 4.09. The zero-order valence-corrected chi connectivity index (χ0v) is 17.4. The lowest BCUT2D eigenvalue weighted by Crippen LogP contribution is -2.09. The normalized spacial score (nSPS) is 12.4. The second kappa shape index (κ2) is 9.76. The molecule has 0 nitrogen and oxygen atoms in total. The molecule has 0 aliphatic carbocycles. The first-order valence-electron chi connectivity index (χ1n) is 10.1. The van der Waals surface area contributed by atoms with Gasteiger partial charge in [-0.3, -0.25) is 0 Å². The van der Waals surface area contributed by atoms with Gasteiger partial charge < -0.3 is 0 Å². The third kappa shape index (κ3) is 6.48. The summed E-state index contributed by atoms with van der Waals surface area (Å²) in [5.41, 5.74) is 8.55. The highest BCUT2D eigenvalue weighted by Crippen LogP contribution is 2.32. The highest BCUT2D eigenvalue weighted by atomic mass is 14.2. The minimum Gasteiger partial charge on any atom is -0.100 e. The van der Waals surface area contributed by atoms with Gasteiger partial charge in [-0.2, -0.15) is 0 Å². The maximum absolute atomic E-state index is 4.09. The van der Waals surface area contributed by atoms with Gasteiger partial charge >= 0.3 is 0 Å². The Balaban J connectivity index is 2.22. The smallest absolute Gasteiger partial charge is 0.0154 e. The van der Waals surface area contributed by atoms with Crippen molar-refractivity contribution in [2.45, 2.75) is 72.6 Å². The molecule has 26 heavy (non-hydrogen) atoms. The summed E-state index contributed by atoms with van der Waals surface area (Å²) >= 11 is 0. The largest absolute Gasteiger partial charge is 0.100 e. The average molecular weight is 349 g/mol. The molecule has 2 rings (SSSR count). The Morgan fingerprint density at radius 2 is 1.58 bits per heavy atom. The van der Waals surface area contributed by atoms with E-state index in [4.69, 9.17) is 0 Å². The Kier molecular flexibility index (Phi) is 7.69. The van der Waals surface area contributed by atoms with Crippen molar-refractivity contribution in [3.05, 3.63) is 82.4 Å². The molecule has 2 aromatic rings. The van der Waals surface area contributed by atoms with Crippen LogP contribution in [0, 0.1) is 19.8 Å². The van der Waals surface area contributed by atoms with E-state index >= 15 is 0 Å². The predicted octanol–water partition coefficient (Wildman–Crippen LogP) is 7.57. The summed E-state index contributed by atoms with van der Waals surface area (Å²) < 4.78 is 0. The van der Waals surface area contributed by atoms with Crippen molar-refractivity contribution < 1.29 is 0 Å². The van der Waals surface area contributed by atoms with E-state index in [0.717, 1.165) is 19.3 Å². The van der Waals surface area contributed by atoms with Crippen LogP contribution in [0.4, 0.5) is 0 Å². The number of hydrogen-bond donors (Lipinski definition) is 0. The molecular weight excluding hydrogens is 312 g/mol. The summed E-state index contributed by atoms with van der Waals surface area (Å²) in [5.74, 6) is 1.35. The van der Waals surface area contributed by atoms with Crippen LogP contribution in [0.15, 0.2) is 54.6 Å². The lowest BCUT2D eigenvalue weighted by Gasteiger charge is -2.23. The first kappa shape index (κ1) is 20.5. The zero-order chi connectivity index (χ0) is 19.1. The molecule has 0 heterocycles. The van der Waals surface area contributed by atoms with E-state index in [1.807, 2.05) is 0 Å². The summed E-state index contributed by atoms with van der Waals surface area (Å²) in [4.78, 5) is 0. The van der Waals surface area contributed by atoms with Crippen molar-refractivity contribution in [1.29, 1.82) is 0 Å². The van der Waals surface area contributed by atoms with Crippen molar-refractivity contribution in [2.24, 2.45) is 5.92 Å². The van der Waals surface area contributed by atoms with E-state index in [0.29, 0.717) is 11.8 Å². The van der Waals surface area contributed by atoms with Gasteiger partial charge in [0.1, 0.15) is 0 Å². The van der Waals surface area contributed by atoms with Crippen LogP contribution in [0.5, 0.6) is 0 Å². The molecule has 0 aliphatic heterocycles. The summed E-state index contributed by atoms with van der Waals surface area (Å²) in [7, 11) is 0. The molecule has 2 aromatic carbocycles. The molecule has 1 unspecified atom stereocenters.